The molecule has 1 aliphatic carbocycles. The third-order valence-corrected chi connectivity index (χ3v) is 7.16. The van der Waals surface area contributed by atoms with Crippen LogP contribution in [0.1, 0.15) is 23.5 Å². The maximum absolute atomic E-state index is 12.4. The van der Waals surface area contributed by atoms with Crippen LogP contribution in [0.4, 0.5) is 4.79 Å². The van der Waals surface area contributed by atoms with Crippen molar-refractivity contribution in [3.8, 4) is 11.1 Å². The highest BCUT2D eigenvalue weighted by molar-refractivity contribution is 8.22. The minimum absolute atomic E-state index is 0.0175. The molecule has 1 heterocycles. The molecule has 1 unspecified atom stereocenters. The number of fused-ring (bicyclic) bond motifs is 3. The van der Waals surface area contributed by atoms with Crippen LogP contribution in [0.25, 0.3) is 11.1 Å². The molecule has 5 nitrogen and oxygen atoms in total. The Kier molecular flexibility index (Phi) is 5.71. The number of nitrogens with one attached hydrogen (secondary N) is 1. The van der Waals surface area contributed by atoms with Gasteiger partial charge in [0.15, 0.2) is 0 Å². The minimum Gasteiger partial charge on any atom is -0.481 e. The summed E-state index contributed by atoms with van der Waals surface area (Å²) >= 11 is 0. The number of thiol groups is 1. The first kappa shape index (κ1) is 19.3. The number of carbonyl (C=O) groups excluding carboxylic acids is 1. The molecule has 150 valence electrons. The zero-order chi connectivity index (χ0) is 20.2. The summed E-state index contributed by atoms with van der Waals surface area (Å²) in [4.78, 5) is 23.6. The van der Waals surface area contributed by atoms with E-state index in [1.165, 1.54) is 11.1 Å². The molecule has 0 bridgehead atoms. The lowest BCUT2D eigenvalue weighted by atomic mass is 9.98. The van der Waals surface area contributed by atoms with Crippen molar-refractivity contribution in [2.24, 2.45) is 0 Å². The third-order valence-electron chi connectivity index (χ3n) is 5.18. The van der Waals surface area contributed by atoms with E-state index in [9.17, 15) is 14.7 Å². The average Bonchev–Trinajstić information content (AvgIpc) is 3.32. The molecule has 0 radical (unpaired) electrons. The van der Waals surface area contributed by atoms with Crippen molar-refractivity contribution in [3.05, 3.63) is 82.6 Å². The SMILES string of the molecule is O=C(O)CC(C[SH]1C=CC=C1)NC(=O)OCC1c2ccccc2-c2ccccc21. The number of amides is 1. The molecule has 4 rings (SSSR count). The van der Waals surface area contributed by atoms with Crippen LogP contribution >= 0.6 is 10.9 Å². The monoisotopic (exact) mass is 409 g/mol. The molecule has 0 spiro atoms. The molecular weight excluding hydrogens is 386 g/mol. The first-order chi connectivity index (χ1) is 14.1. The Morgan fingerprint density at radius 2 is 1.59 bits per heavy atom. The van der Waals surface area contributed by atoms with Crippen LogP contribution < -0.4 is 5.32 Å². The lowest BCUT2D eigenvalue weighted by Gasteiger charge is -2.21. The summed E-state index contributed by atoms with van der Waals surface area (Å²) in [5, 5.41) is 16.0. The number of allylic oxidation sites excluding steroid dienone is 2. The van der Waals surface area contributed by atoms with Crippen molar-refractivity contribution in [2.45, 2.75) is 18.4 Å². The normalized spacial score (nSPS) is 16.3. The number of hydrogen-bond donors (Lipinski definition) is 3. The van der Waals surface area contributed by atoms with Gasteiger partial charge in [-0.3, -0.25) is 4.79 Å². The van der Waals surface area contributed by atoms with E-state index in [0.29, 0.717) is 5.75 Å². The largest absolute Gasteiger partial charge is 0.481 e. The maximum atomic E-state index is 12.4. The number of ether oxygens (including phenoxy) is 1. The van der Waals surface area contributed by atoms with Gasteiger partial charge >= 0.3 is 12.1 Å². The van der Waals surface area contributed by atoms with Crippen LogP contribution in [0.5, 0.6) is 0 Å². The zero-order valence-corrected chi connectivity index (χ0v) is 16.7. The van der Waals surface area contributed by atoms with Crippen molar-refractivity contribution in [1.29, 1.82) is 0 Å². The van der Waals surface area contributed by atoms with E-state index in [1.807, 2.05) is 36.4 Å². The van der Waals surface area contributed by atoms with Gasteiger partial charge in [0.1, 0.15) is 6.61 Å². The van der Waals surface area contributed by atoms with Gasteiger partial charge in [0, 0.05) is 11.7 Å². The molecule has 1 atom stereocenters. The zero-order valence-electron chi connectivity index (χ0n) is 15.8. The molecule has 2 N–H and O–H groups in total. The number of benzene rings is 2. The van der Waals surface area contributed by atoms with Crippen LogP contribution in [0.2, 0.25) is 0 Å². The fraction of sp³-hybridized carbons (Fsp3) is 0.217. The summed E-state index contributed by atoms with van der Waals surface area (Å²) in [5.41, 5.74) is 4.63. The predicted molar refractivity (Wildman–Crippen MR) is 116 cm³/mol. The molecule has 2 aliphatic rings. The number of alkyl carbamates (subject to hydrolysis) is 1. The molecule has 0 aromatic heterocycles. The summed E-state index contributed by atoms with van der Waals surface area (Å²) in [7, 11) is -0.528. The topological polar surface area (TPSA) is 75.6 Å². The van der Waals surface area contributed by atoms with E-state index in [0.717, 1.165) is 11.1 Å². The number of rotatable bonds is 7. The molecule has 29 heavy (non-hydrogen) atoms. The van der Waals surface area contributed by atoms with Crippen LogP contribution in [0.15, 0.2) is 71.5 Å². The van der Waals surface area contributed by atoms with Gasteiger partial charge in [0.25, 0.3) is 0 Å². The van der Waals surface area contributed by atoms with Gasteiger partial charge in [-0.1, -0.05) is 60.7 Å². The average molecular weight is 410 g/mol. The van der Waals surface area contributed by atoms with Gasteiger partial charge in [0.2, 0.25) is 0 Å². The Bertz CT molecular complexity index is 927. The van der Waals surface area contributed by atoms with E-state index in [1.54, 1.807) is 0 Å². The molecule has 6 heteroatoms. The van der Waals surface area contributed by atoms with E-state index in [2.05, 4.69) is 40.4 Å². The highest BCUT2D eigenvalue weighted by Gasteiger charge is 2.29. The van der Waals surface area contributed by atoms with Crippen LogP contribution in [0, 0.1) is 0 Å². The van der Waals surface area contributed by atoms with Gasteiger partial charge in [0.05, 0.1) is 12.5 Å². The third kappa shape index (κ3) is 4.38. The summed E-state index contributed by atoms with van der Waals surface area (Å²) in [6.07, 6.45) is 3.22. The second-order valence-corrected chi connectivity index (χ2v) is 9.13. The minimum atomic E-state index is -0.934. The van der Waals surface area contributed by atoms with E-state index >= 15 is 0 Å². The number of carboxylic acid groups (broad SMARTS) is 1. The molecule has 1 aliphatic heterocycles. The Labute approximate surface area is 172 Å². The summed E-state index contributed by atoms with van der Waals surface area (Å²) in [6.45, 7) is 0.216. The standard InChI is InChI=1S/C23H23NO4S/c25-22(26)13-16(15-29-11-5-6-12-29)24-23(27)28-14-21-19-9-3-1-7-17(19)18-8-2-4-10-20(18)21/h1-12,16,21,29H,13-15H2,(H,24,27)(H,25,26). The Hall–Kier alpha value is -2.99. The lowest BCUT2D eigenvalue weighted by molar-refractivity contribution is -0.137. The van der Waals surface area contributed by atoms with Gasteiger partial charge in [-0.2, -0.15) is 0 Å². The van der Waals surface area contributed by atoms with Gasteiger partial charge in [-0.05, 0) is 33.1 Å². The Morgan fingerprint density at radius 1 is 1.00 bits per heavy atom. The molecule has 0 saturated carbocycles. The van der Waals surface area contributed by atoms with Crippen molar-refractivity contribution < 1.29 is 19.4 Å². The van der Waals surface area contributed by atoms with Gasteiger partial charge < -0.3 is 15.2 Å². The fourth-order valence-corrected chi connectivity index (χ4v) is 5.64. The quantitative estimate of drug-likeness (QED) is 0.592. The molecule has 1 amide bonds. The van der Waals surface area contributed by atoms with Crippen LogP contribution in [0.3, 0.4) is 0 Å². The van der Waals surface area contributed by atoms with Crippen molar-refractivity contribution in [1.82, 2.24) is 5.32 Å². The highest BCUT2D eigenvalue weighted by Crippen LogP contribution is 2.44. The van der Waals surface area contributed by atoms with Crippen molar-refractivity contribution in [3.63, 3.8) is 0 Å². The second kappa shape index (κ2) is 8.57. The van der Waals surface area contributed by atoms with Crippen LogP contribution in [-0.2, 0) is 9.53 Å². The molecule has 2 aromatic carbocycles. The maximum Gasteiger partial charge on any atom is 0.407 e. The van der Waals surface area contributed by atoms with E-state index in [-0.39, 0.29) is 18.9 Å². The van der Waals surface area contributed by atoms with E-state index in [4.69, 9.17) is 4.74 Å². The summed E-state index contributed by atoms with van der Waals surface area (Å²) < 4.78 is 5.54. The van der Waals surface area contributed by atoms with E-state index < -0.39 is 29.0 Å². The number of carbonyl (C=O) groups is 2. The van der Waals surface area contributed by atoms with Crippen molar-refractivity contribution >= 4 is 23.0 Å². The first-order valence-corrected chi connectivity index (χ1v) is 11.2. The molecule has 0 saturated heterocycles. The van der Waals surface area contributed by atoms with Crippen LogP contribution in [-0.4, -0.2) is 35.6 Å². The molecule has 2 aromatic rings. The van der Waals surface area contributed by atoms with Gasteiger partial charge in [-0.25, -0.2) is 15.7 Å². The number of aliphatic carboxylic acids is 1. The highest BCUT2D eigenvalue weighted by atomic mass is 32.2. The van der Waals surface area contributed by atoms with Crippen molar-refractivity contribution in [2.75, 3.05) is 12.4 Å². The number of carboxylic acids is 1. The molecule has 0 fully saturated rings. The smallest absolute Gasteiger partial charge is 0.407 e. The Morgan fingerprint density at radius 3 is 2.17 bits per heavy atom. The second-order valence-electron chi connectivity index (χ2n) is 7.14. The lowest BCUT2D eigenvalue weighted by Crippen LogP contribution is -2.39. The van der Waals surface area contributed by atoms with Gasteiger partial charge in [-0.15, -0.1) is 0 Å². The summed E-state index contributed by atoms with van der Waals surface area (Å²) in [6, 6.07) is 15.8. The molecular formula is C23H23NO4S. The predicted octanol–water partition coefficient (Wildman–Crippen LogP) is 4.41. The number of hydrogen-bond acceptors (Lipinski definition) is 3. The summed E-state index contributed by atoms with van der Waals surface area (Å²) in [5.74, 6) is -0.356. The Balaban J connectivity index is 1.41. The first-order valence-electron chi connectivity index (χ1n) is 9.56. The fourth-order valence-electron chi connectivity index (χ4n) is 3.93.